The van der Waals surface area contributed by atoms with Crippen LogP contribution in [0.5, 0.6) is 0 Å². The van der Waals surface area contributed by atoms with Gasteiger partial charge >= 0.3 is 5.97 Å². The van der Waals surface area contributed by atoms with Crippen LogP contribution < -0.4 is 5.32 Å². The van der Waals surface area contributed by atoms with Crippen LogP contribution in [0.25, 0.3) is 0 Å². The first-order valence-electron chi connectivity index (χ1n) is 8.92. The Morgan fingerprint density at radius 1 is 1.04 bits per heavy atom. The van der Waals surface area contributed by atoms with Crippen molar-refractivity contribution >= 4 is 11.9 Å². The Balaban J connectivity index is 2.11. The molecule has 27 heavy (non-hydrogen) atoms. The van der Waals surface area contributed by atoms with Gasteiger partial charge in [0.1, 0.15) is 6.04 Å². The van der Waals surface area contributed by atoms with E-state index in [0.29, 0.717) is 5.56 Å². The number of methoxy groups -OCH3 is 1. The predicted molar refractivity (Wildman–Crippen MR) is 105 cm³/mol. The number of aliphatic carboxylic acids is 1. The Morgan fingerprint density at radius 2 is 1.63 bits per heavy atom. The molecule has 5 nitrogen and oxygen atoms in total. The maximum absolute atomic E-state index is 12.6. The van der Waals surface area contributed by atoms with Crippen LogP contribution in [0.4, 0.5) is 0 Å². The Morgan fingerprint density at radius 3 is 2.11 bits per heavy atom. The van der Waals surface area contributed by atoms with Gasteiger partial charge in [-0.1, -0.05) is 75.4 Å². The minimum Gasteiger partial charge on any atom is -0.480 e. The van der Waals surface area contributed by atoms with Crippen molar-refractivity contribution in [1.29, 1.82) is 0 Å². The van der Waals surface area contributed by atoms with Gasteiger partial charge in [-0.3, -0.25) is 4.79 Å². The van der Waals surface area contributed by atoms with E-state index in [1.54, 1.807) is 24.3 Å². The molecule has 0 unspecified atom stereocenters. The third kappa shape index (κ3) is 5.66. The molecule has 0 bridgehead atoms. The highest BCUT2D eigenvalue weighted by molar-refractivity contribution is 5.87. The average molecular weight is 369 g/mol. The van der Waals surface area contributed by atoms with Crippen molar-refractivity contribution in [3.05, 3.63) is 71.3 Å². The molecule has 2 N–H and O–H groups in total. The van der Waals surface area contributed by atoms with Crippen molar-refractivity contribution < 1.29 is 19.4 Å². The zero-order chi connectivity index (χ0) is 20.0. The summed E-state index contributed by atoms with van der Waals surface area (Å²) in [5.74, 6) is -1.55. The minimum atomic E-state index is -1.08. The van der Waals surface area contributed by atoms with E-state index < -0.39 is 24.0 Å². The van der Waals surface area contributed by atoms with Crippen molar-refractivity contribution in [3.8, 4) is 0 Å². The van der Waals surface area contributed by atoms with Gasteiger partial charge < -0.3 is 15.2 Å². The summed E-state index contributed by atoms with van der Waals surface area (Å²) in [6.45, 7) is 6.37. The van der Waals surface area contributed by atoms with Crippen molar-refractivity contribution in [3.63, 3.8) is 0 Å². The highest BCUT2D eigenvalue weighted by atomic mass is 16.5. The molecular formula is C22H27NO4. The first-order chi connectivity index (χ1) is 12.7. The number of benzene rings is 2. The molecule has 0 spiro atoms. The summed E-state index contributed by atoms with van der Waals surface area (Å²) < 4.78 is 5.28. The largest absolute Gasteiger partial charge is 0.480 e. The van der Waals surface area contributed by atoms with E-state index >= 15 is 0 Å². The third-order valence-corrected chi connectivity index (χ3v) is 4.45. The second-order valence-electron chi connectivity index (χ2n) is 7.58. The number of carbonyl (C=O) groups excluding carboxylic acids is 1. The van der Waals surface area contributed by atoms with Crippen LogP contribution in [-0.4, -0.2) is 30.1 Å². The second kappa shape index (κ2) is 8.82. The molecule has 0 fully saturated rings. The summed E-state index contributed by atoms with van der Waals surface area (Å²) in [5, 5.41) is 12.1. The first-order valence-corrected chi connectivity index (χ1v) is 8.92. The van der Waals surface area contributed by atoms with Gasteiger partial charge in [0.25, 0.3) is 5.91 Å². The van der Waals surface area contributed by atoms with E-state index in [1.165, 1.54) is 12.7 Å². The van der Waals surface area contributed by atoms with Crippen molar-refractivity contribution in [1.82, 2.24) is 5.32 Å². The summed E-state index contributed by atoms with van der Waals surface area (Å²) in [5.41, 5.74) is 2.73. The van der Waals surface area contributed by atoms with Crippen LogP contribution >= 0.6 is 0 Å². The van der Waals surface area contributed by atoms with E-state index in [2.05, 4.69) is 26.1 Å². The van der Waals surface area contributed by atoms with Crippen LogP contribution in [0.1, 0.15) is 43.6 Å². The average Bonchev–Trinajstić information content (AvgIpc) is 2.62. The summed E-state index contributed by atoms with van der Waals surface area (Å²) >= 11 is 0. The summed E-state index contributed by atoms with van der Waals surface area (Å²) in [6.07, 6.45) is -0.646. The highest BCUT2D eigenvalue weighted by Gasteiger charge is 2.26. The number of carboxylic acids is 1. The number of ether oxygens (including phenoxy) is 1. The number of carbonyl (C=O) groups is 2. The molecular weight excluding hydrogens is 342 g/mol. The van der Waals surface area contributed by atoms with Gasteiger partial charge in [0.2, 0.25) is 0 Å². The Kier molecular flexibility index (Phi) is 6.75. The number of rotatable bonds is 7. The van der Waals surface area contributed by atoms with Gasteiger partial charge in [-0.2, -0.15) is 0 Å². The lowest BCUT2D eigenvalue weighted by Gasteiger charge is -2.21. The Bertz CT molecular complexity index is 763. The predicted octanol–water partition coefficient (Wildman–Crippen LogP) is 3.48. The molecule has 5 heteroatoms. The van der Waals surface area contributed by atoms with E-state index in [1.807, 2.05) is 30.3 Å². The Hall–Kier alpha value is -2.66. The van der Waals surface area contributed by atoms with Crippen molar-refractivity contribution in [2.75, 3.05) is 7.11 Å². The third-order valence-electron chi connectivity index (χ3n) is 4.45. The quantitative estimate of drug-likeness (QED) is 0.783. The van der Waals surface area contributed by atoms with Crippen LogP contribution in [-0.2, 0) is 26.2 Å². The molecule has 1 amide bonds. The van der Waals surface area contributed by atoms with Gasteiger partial charge in [-0.05, 0) is 22.1 Å². The van der Waals surface area contributed by atoms with Gasteiger partial charge in [0.05, 0.1) is 0 Å². The van der Waals surface area contributed by atoms with Crippen molar-refractivity contribution in [2.24, 2.45) is 0 Å². The summed E-state index contributed by atoms with van der Waals surface area (Å²) in [4.78, 5) is 24.2. The molecule has 0 aliphatic carbocycles. The maximum atomic E-state index is 12.6. The number of hydrogen-bond acceptors (Lipinski definition) is 3. The molecule has 0 radical (unpaired) electrons. The lowest BCUT2D eigenvalue weighted by molar-refractivity contribution is -0.144. The van der Waals surface area contributed by atoms with Crippen LogP contribution in [0, 0.1) is 0 Å². The standard InChI is InChI=1S/C22H27NO4/c1-22(2,3)17-12-10-15(11-13-17)14-18(21(25)26)23-20(24)19(27-4)16-8-6-5-7-9-16/h5-13,18-19H,14H2,1-4H3,(H,23,24)(H,25,26)/t18-,19-/m1/s1. The number of amides is 1. The Labute approximate surface area is 160 Å². The molecule has 0 aliphatic heterocycles. The maximum Gasteiger partial charge on any atom is 0.326 e. The van der Waals surface area contributed by atoms with Crippen LogP contribution in [0.3, 0.4) is 0 Å². The fraction of sp³-hybridized carbons (Fsp3) is 0.364. The molecule has 0 saturated heterocycles. The molecule has 0 aromatic heterocycles. The SMILES string of the molecule is CO[C@@H](C(=O)N[C@H](Cc1ccc(C(C)(C)C)cc1)C(=O)O)c1ccccc1. The van der Waals surface area contributed by atoms with Gasteiger partial charge in [-0.25, -0.2) is 4.79 Å². The minimum absolute atomic E-state index is 0.0281. The molecule has 0 saturated carbocycles. The van der Waals surface area contributed by atoms with Gasteiger partial charge in [0.15, 0.2) is 6.10 Å². The number of carboxylic acid groups (broad SMARTS) is 1. The van der Waals surface area contributed by atoms with E-state index in [9.17, 15) is 14.7 Å². The fourth-order valence-corrected chi connectivity index (χ4v) is 2.85. The topological polar surface area (TPSA) is 75.6 Å². The molecule has 0 aliphatic rings. The van der Waals surface area contributed by atoms with Crippen molar-refractivity contribution in [2.45, 2.75) is 44.8 Å². The monoisotopic (exact) mass is 369 g/mol. The first kappa shape index (κ1) is 20.6. The summed E-state index contributed by atoms with van der Waals surface area (Å²) in [7, 11) is 1.43. The van der Waals surface area contributed by atoms with Gasteiger partial charge in [0, 0.05) is 13.5 Å². The normalized spacial score (nSPS) is 13.6. The molecule has 2 aromatic rings. The van der Waals surface area contributed by atoms with Crippen LogP contribution in [0.15, 0.2) is 54.6 Å². The molecule has 0 heterocycles. The zero-order valence-electron chi connectivity index (χ0n) is 16.2. The fourth-order valence-electron chi connectivity index (χ4n) is 2.85. The number of nitrogens with one attached hydrogen (secondary N) is 1. The molecule has 144 valence electrons. The van der Waals surface area contributed by atoms with E-state index in [4.69, 9.17) is 4.74 Å². The lowest BCUT2D eigenvalue weighted by Crippen LogP contribution is -2.44. The highest BCUT2D eigenvalue weighted by Crippen LogP contribution is 2.22. The molecule has 2 rings (SSSR count). The second-order valence-corrected chi connectivity index (χ2v) is 7.58. The molecule has 2 atom stereocenters. The lowest BCUT2D eigenvalue weighted by atomic mass is 9.86. The molecule has 2 aromatic carbocycles. The smallest absolute Gasteiger partial charge is 0.326 e. The summed E-state index contributed by atoms with van der Waals surface area (Å²) in [6, 6.07) is 15.8. The zero-order valence-corrected chi connectivity index (χ0v) is 16.2. The number of hydrogen-bond donors (Lipinski definition) is 2. The van der Waals surface area contributed by atoms with Gasteiger partial charge in [-0.15, -0.1) is 0 Å². The van der Waals surface area contributed by atoms with E-state index in [0.717, 1.165) is 5.56 Å². The van der Waals surface area contributed by atoms with E-state index in [-0.39, 0.29) is 11.8 Å². The van der Waals surface area contributed by atoms with Crippen LogP contribution in [0.2, 0.25) is 0 Å².